The fourth-order valence-corrected chi connectivity index (χ4v) is 4.53. The van der Waals surface area contributed by atoms with Crippen LogP contribution in [0.4, 0.5) is 0 Å². The maximum atomic E-state index is 13.4. The summed E-state index contributed by atoms with van der Waals surface area (Å²) in [7, 11) is 0. The van der Waals surface area contributed by atoms with E-state index in [1.807, 2.05) is 47.1 Å². The third-order valence-electron chi connectivity index (χ3n) is 6.54. The Morgan fingerprint density at radius 2 is 1.78 bits per heavy atom. The van der Waals surface area contributed by atoms with Crippen LogP contribution in [0.25, 0.3) is 0 Å². The van der Waals surface area contributed by atoms with Gasteiger partial charge >= 0.3 is 0 Å². The third kappa shape index (κ3) is 3.88. The van der Waals surface area contributed by atoms with Crippen LogP contribution in [0.3, 0.4) is 0 Å². The van der Waals surface area contributed by atoms with E-state index in [1.54, 1.807) is 0 Å². The Labute approximate surface area is 162 Å². The van der Waals surface area contributed by atoms with Gasteiger partial charge in [0.15, 0.2) is 0 Å². The van der Waals surface area contributed by atoms with Crippen LogP contribution >= 0.6 is 0 Å². The summed E-state index contributed by atoms with van der Waals surface area (Å²) in [5, 5.41) is 3.67. The quantitative estimate of drug-likeness (QED) is 0.868. The summed E-state index contributed by atoms with van der Waals surface area (Å²) in [4.78, 5) is 30.2. The molecule has 27 heavy (non-hydrogen) atoms. The van der Waals surface area contributed by atoms with E-state index in [2.05, 4.69) is 5.32 Å². The zero-order valence-electron chi connectivity index (χ0n) is 16.3. The van der Waals surface area contributed by atoms with Crippen molar-refractivity contribution in [2.24, 2.45) is 5.92 Å². The highest BCUT2D eigenvalue weighted by Gasteiger charge is 2.48. The minimum atomic E-state index is -0.707. The molecule has 1 saturated carbocycles. The Bertz CT molecular complexity index is 680. The first-order valence-corrected chi connectivity index (χ1v) is 10.5. The Morgan fingerprint density at radius 1 is 1.07 bits per heavy atom. The third-order valence-corrected chi connectivity index (χ3v) is 6.54. The Morgan fingerprint density at radius 3 is 2.44 bits per heavy atom. The van der Waals surface area contributed by atoms with Gasteiger partial charge in [0.05, 0.1) is 0 Å². The van der Waals surface area contributed by atoms with Gasteiger partial charge in [-0.3, -0.25) is 9.59 Å². The van der Waals surface area contributed by atoms with E-state index in [4.69, 9.17) is 0 Å². The van der Waals surface area contributed by atoms with Crippen molar-refractivity contribution < 1.29 is 9.59 Å². The lowest BCUT2D eigenvalue weighted by Gasteiger charge is -2.41. The number of nitrogens with one attached hydrogen (secondary N) is 1. The van der Waals surface area contributed by atoms with E-state index in [1.165, 1.54) is 12.8 Å². The number of carbonyl (C=O) groups is 2. The smallest absolute Gasteiger partial charge is 0.254 e. The molecule has 0 spiro atoms. The second-order valence-corrected chi connectivity index (χ2v) is 8.62. The van der Waals surface area contributed by atoms with Gasteiger partial charge in [-0.2, -0.15) is 0 Å². The second-order valence-electron chi connectivity index (χ2n) is 8.62. The molecule has 2 amide bonds. The van der Waals surface area contributed by atoms with E-state index < -0.39 is 5.54 Å². The number of hydrogen-bond donors (Lipinski definition) is 1. The zero-order chi connectivity index (χ0) is 18.9. The van der Waals surface area contributed by atoms with E-state index >= 15 is 0 Å². The van der Waals surface area contributed by atoms with Gasteiger partial charge in [-0.05, 0) is 70.0 Å². The van der Waals surface area contributed by atoms with Gasteiger partial charge in [-0.15, -0.1) is 0 Å². The maximum absolute atomic E-state index is 13.4. The van der Waals surface area contributed by atoms with Crippen LogP contribution in [-0.2, 0) is 4.79 Å². The zero-order valence-corrected chi connectivity index (χ0v) is 16.3. The van der Waals surface area contributed by atoms with Gasteiger partial charge in [0, 0.05) is 31.2 Å². The van der Waals surface area contributed by atoms with Crippen molar-refractivity contribution in [2.75, 3.05) is 26.2 Å². The van der Waals surface area contributed by atoms with E-state index in [0.29, 0.717) is 18.2 Å². The summed E-state index contributed by atoms with van der Waals surface area (Å²) >= 11 is 0. The van der Waals surface area contributed by atoms with Crippen LogP contribution < -0.4 is 5.32 Å². The lowest BCUT2D eigenvalue weighted by atomic mass is 9.94. The summed E-state index contributed by atoms with van der Waals surface area (Å²) in [6.07, 6.45) is 6.41. The van der Waals surface area contributed by atoms with Crippen LogP contribution in [-0.4, -0.2) is 59.4 Å². The molecule has 5 heteroatoms. The van der Waals surface area contributed by atoms with Gasteiger partial charge in [0.2, 0.25) is 5.91 Å². The number of carbonyl (C=O) groups excluding carboxylic acids is 2. The van der Waals surface area contributed by atoms with Crippen molar-refractivity contribution in [1.82, 2.24) is 15.1 Å². The molecule has 1 aliphatic carbocycles. The Hall–Kier alpha value is -1.88. The second kappa shape index (κ2) is 7.63. The Balaban J connectivity index is 1.38. The summed E-state index contributed by atoms with van der Waals surface area (Å²) in [5.41, 5.74) is -0.0392. The average Bonchev–Trinajstić information content (AvgIpc) is 3.46. The molecule has 1 aromatic rings. The van der Waals surface area contributed by atoms with E-state index in [-0.39, 0.29) is 11.8 Å². The molecule has 1 atom stereocenters. The van der Waals surface area contributed by atoms with Gasteiger partial charge < -0.3 is 15.1 Å². The predicted molar refractivity (Wildman–Crippen MR) is 105 cm³/mol. The highest BCUT2D eigenvalue weighted by molar-refractivity contribution is 5.99. The molecule has 5 nitrogen and oxygen atoms in total. The van der Waals surface area contributed by atoms with Crippen LogP contribution in [0.2, 0.25) is 0 Å². The lowest BCUT2D eigenvalue weighted by Crippen LogP contribution is -2.58. The molecular formula is C22H31N3O2. The molecule has 2 heterocycles. The number of rotatable bonds is 5. The molecule has 1 N–H and O–H groups in total. The van der Waals surface area contributed by atoms with Crippen molar-refractivity contribution in [3.8, 4) is 0 Å². The average molecular weight is 370 g/mol. The number of amides is 2. The van der Waals surface area contributed by atoms with Crippen molar-refractivity contribution in [3.05, 3.63) is 35.9 Å². The number of nitrogens with zero attached hydrogens (tertiary/aromatic N) is 2. The SMILES string of the molecule is CC1(C(=O)N2CCC(NCC3CC3)CC2)CCCN1C(=O)c1ccccc1. The monoisotopic (exact) mass is 369 g/mol. The number of likely N-dealkylation sites (tertiary alicyclic amines) is 2. The minimum Gasteiger partial charge on any atom is -0.341 e. The topological polar surface area (TPSA) is 52.7 Å². The maximum Gasteiger partial charge on any atom is 0.254 e. The minimum absolute atomic E-state index is 0.0232. The van der Waals surface area contributed by atoms with Gasteiger partial charge in [-0.25, -0.2) is 0 Å². The number of piperidine rings is 1. The molecule has 4 rings (SSSR count). The van der Waals surface area contributed by atoms with E-state index in [9.17, 15) is 9.59 Å². The fraction of sp³-hybridized carbons (Fsp3) is 0.636. The molecule has 0 aromatic heterocycles. The van der Waals surface area contributed by atoms with E-state index in [0.717, 1.165) is 51.2 Å². The lowest BCUT2D eigenvalue weighted by molar-refractivity contribution is -0.142. The van der Waals surface area contributed by atoms with Crippen LogP contribution in [0.1, 0.15) is 55.8 Å². The summed E-state index contributed by atoms with van der Waals surface area (Å²) in [5.74, 6) is 0.995. The van der Waals surface area contributed by atoms with Gasteiger partial charge in [0.1, 0.15) is 5.54 Å². The van der Waals surface area contributed by atoms with Crippen LogP contribution in [0.5, 0.6) is 0 Å². The normalized spacial score (nSPS) is 26.4. The van der Waals surface area contributed by atoms with Crippen LogP contribution in [0.15, 0.2) is 30.3 Å². The molecule has 2 saturated heterocycles. The van der Waals surface area contributed by atoms with Crippen LogP contribution in [0, 0.1) is 5.92 Å². The summed E-state index contributed by atoms with van der Waals surface area (Å²) < 4.78 is 0. The molecule has 3 aliphatic rings. The Kier molecular flexibility index (Phi) is 5.22. The molecule has 3 fully saturated rings. The molecule has 1 aromatic carbocycles. The highest BCUT2D eigenvalue weighted by atomic mass is 16.2. The summed E-state index contributed by atoms with van der Waals surface area (Å²) in [6.45, 7) is 5.35. The fourth-order valence-electron chi connectivity index (χ4n) is 4.53. The predicted octanol–water partition coefficient (Wildman–Crippen LogP) is 2.67. The number of benzene rings is 1. The van der Waals surface area contributed by atoms with Crippen molar-refractivity contribution in [1.29, 1.82) is 0 Å². The molecule has 2 aliphatic heterocycles. The first-order valence-electron chi connectivity index (χ1n) is 10.5. The van der Waals surface area contributed by atoms with Crippen molar-refractivity contribution >= 4 is 11.8 Å². The standard InChI is InChI=1S/C22H31N3O2/c1-22(12-5-13-25(22)20(26)18-6-3-2-4-7-18)21(27)24-14-10-19(11-15-24)23-16-17-8-9-17/h2-4,6-7,17,19,23H,5,8-16H2,1H3. The molecule has 146 valence electrons. The van der Waals surface area contributed by atoms with Gasteiger partial charge in [-0.1, -0.05) is 18.2 Å². The molecule has 1 unspecified atom stereocenters. The van der Waals surface area contributed by atoms with Crippen molar-refractivity contribution in [2.45, 2.75) is 57.0 Å². The number of hydrogen-bond acceptors (Lipinski definition) is 3. The largest absolute Gasteiger partial charge is 0.341 e. The first kappa shape index (κ1) is 18.5. The summed E-state index contributed by atoms with van der Waals surface area (Å²) in [6, 6.07) is 9.87. The molecule has 0 radical (unpaired) electrons. The molecular weight excluding hydrogens is 338 g/mol. The van der Waals surface area contributed by atoms with Crippen molar-refractivity contribution in [3.63, 3.8) is 0 Å². The molecule has 0 bridgehead atoms. The first-order chi connectivity index (χ1) is 13.1. The van der Waals surface area contributed by atoms with Gasteiger partial charge in [0.25, 0.3) is 5.91 Å². The highest BCUT2D eigenvalue weighted by Crippen LogP contribution is 2.33.